The fourth-order valence-electron chi connectivity index (χ4n) is 3.16. The average molecular weight is 308 g/mol. The molecule has 0 spiro atoms. The third-order valence-electron chi connectivity index (χ3n) is 4.35. The van der Waals surface area contributed by atoms with Crippen LogP contribution in [0.15, 0.2) is 18.2 Å². The molecule has 0 radical (unpaired) electrons. The number of likely N-dealkylation sites (N-methyl/N-ethyl adjacent to an activating group) is 1. The van der Waals surface area contributed by atoms with E-state index in [9.17, 15) is 9.18 Å². The van der Waals surface area contributed by atoms with Gasteiger partial charge in [-0.3, -0.25) is 9.69 Å². The maximum atomic E-state index is 13.9. The highest BCUT2D eigenvalue weighted by atomic mass is 19.1. The van der Waals surface area contributed by atoms with Crippen molar-refractivity contribution in [1.82, 2.24) is 9.80 Å². The quantitative estimate of drug-likeness (QED) is 0.846. The summed E-state index contributed by atoms with van der Waals surface area (Å²) in [7, 11) is 2.04. The lowest BCUT2D eigenvalue weighted by Gasteiger charge is -2.33. The van der Waals surface area contributed by atoms with Gasteiger partial charge in [0.2, 0.25) is 0 Å². The highest BCUT2D eigenvalue weighted by molar-refractivity contribution is 5.97. The zero-order chi connectivity index (χ0) is 15.7. The normalized spacial score (nSPS) is 25.1. The van der Waals surface area contributed by atoms with Crippen LogP contribution >= 0.6 is 0 Å². The molecule has 0 saturated carbocycles. The highest BCUT2D eigenvalue weighted by Gasteiger charge is 2.41. The van der Waals surface area contributed by atoms with Gasteiger partial charge in [-0.15, -0.1) is 0 Å². The van der Waals surface area contributed by atoms with E-state index in [0.29, 0.717) is 26.3 Å². The molecule has 0 unspecified atom stereocenters. The molecule has 1 aromatic rings. The smallest absolute Gasteiger partial charge is 0.257 e. The summed E-state index contributed by atoms with van der Waals surface area (Å²) >= 11 is 0. The number of ether oxygens (including phenoxy) is 2. The molecule has 6 heteroatoms. The van der Waals surface area contributed by atoms with Crippen LogP contribution in [0.4, 0.5) is 4.39 Å². The fraction of sp³-hybridized carbons (Fsp3) is 0.562. The van der Waals surface area contributed by atoms with Gasteiger partial charge in [-0.1, -0.05) is 6.07 Å². The molecule has 5 nitrogen and oxygen atoms in total. The molecule has 2 heterocycles. The van der Waals surface area contributed by atoms with Crippen molar-refractivity contribution >= 4 is 5.91 Å². The molecule has 3 rings (SSSR count). The summed E-state index contributed by atoms with van der Waals surface area (Å²) in [5, 5.41) is 0. The summed E-state index contributed by atoms with van der Waals surface area (Å²) in [5.74, 6) is -0.661. The lowest BCUT2D eigenvalue weighted by atomic mass is 10.1. The Morgan fingerprint density at radius 3 is 3.00 bits per heavy atom. The SMILES string of the molecule is CCOc1c(F)cccc1C(=O)N1C[C@H]2OCCN(C)[C@H]2C1. The Hall–Kier alpha value is -1.66. The molecule has 120 valence electrons. The second kappa shape index (κ2) is 6.22. The number of likely N-dealkylation sites (tertiary alicyclic amines) is 1. The summed E-state index contributed by atoms with van der Waals surface area (Å²) < 4.78 is 25.0. The molecule has 2 aliphatic heterocycles. The lowest BCUT2D eigenvalue weighted by Crippen LogP contribution is -2.48. The molecule has 1 aromatic carbocycles. The maximum Gasteiger partial charge on any atom is 0.257 e. The molecule has 0 aliphatic carbocycles. The predicted octanol–water partition coefficient (Wildman–Crippen LogP) is 1.38. The molecule has 2 aliphatic rings. The molecule has 0 N–H and O–H groups in total. The van der Waals surface area contributed by atoms with Gasteiger partial charge in [0.1, 0.15) is 0 Å². The van der Waals surface area contributed by atoms with Crippen molar-refractivity contribution in [3.05, 3.63) is 29.6 Å². The van der Waals surface area contributed by atoms with Gasteiger partial charge in [-0.2, -0.15) is 0 Å². The van der Waals surface area contributed by atoms with Crippen LogP contribution < -0.4 is 4.74 Å². The number of halogens is 1. The number of benzene rings is 1. The molecular weight excluding hydrogens is 287 g/mol. The molecule has 2 atom stereocenters. The van der Waals surface area contributed by atoms with Gasteiger partial charge < -0.3 is 14.4 Å². The van der Waals surface area contributed by atoms with Crippen LogP contribution in [0.25, 0.3) is 0 Å². The van der Waals surface area contributed by atoms with Crippen molar-refractivity contribution in [3.63, 3.8) is 0 Å². The number of hydrogen-bond donors (Lipinski definition) is 0. The first-order valence-electron chi connectivity index (χ1n) is 7.64. The number of nitrogens with zero attached hydrogens (tertiary/aromatic N) is 2. The number of rotatable bonds is 3. The number of para-hydroxylation sites is 1. The second-order valence-corrected chi connectivity index (χ2v) is 5.72. The van der Waals surface area contributed by atoms with Crippen molar-refractivity contribution < 1.29 is 18.7 Å². The van der Waals surface area contributed by atoms with Gasteiger partial charge in [0.15, 0.2) is 11.6 Å². The van der Waals surface area contributed by atoms with E-state index < -0.39 is 5.82 Å². The molecule has 2 fully saturated rings. The van der Waals surface area contributed by atoms with E-state index in [2.05, 4.69) is 4.90 Å². The van der Waals surface area contributed by atoms with Gasteiger partial charge in [-0.25, -0.2) is 4.39 Å². The number of hydrogen-bond acceptors (Lipinski definition) is 4. The summed E-state index contributed by atoms with van der Waals surface area (Å²) in [5.41, 5.74) is 0.281. The Morgan fingerprint density at radius 2 is 2.27 bits per heavy atom. The van der Waals surface area contributed by atoms with Crippen LogP contribution in [-0.2, 0) is 4.74 Å². The van der Waals surface area contributed by atoms with Crippen LogP contribution in [0.2, 0.25) is 0 Å². The molecule has 0 bridgehead atoms. The van der Waals surface area contributed by atoms with E-state index in [4.69, 9.17) is 9.47 Å². The number of carbonyl (C=O) groups excluding carboxylic acids is 1. The molecule has 22 heavy (non-hydrogen) atoms. The van der Waals surface area contributed by atoms with Crippen molar-refractivity contribution in [2.24, 2.45) is 0 Å². The number of carbonyl (C=O) groups is 1. The maximum absolute atomic E-state index is 13.9. The van der Waals surface area contributed by atoms with Crippen LogP contribution in [-0.4, -0.2) is 67.7 Å². The van der Waals surface area contributed by atoms with Crippen LogP contribution in [0.3, 0.4) is 0 Å². The third kappa shape index (κ3) is 2.68. The Bertz CT molecular complexity index is 566. The Labute approximate surface area is 129 Å². The van der Waals surface area contributed by atoms with E-state index >= 15 is 0 Å². The summed E-state index contributed by atoms with van der Waals surface area (Å²) in [4.78, 5) is 16.7. The lowest BCUT2D eigenvalue weighted by molar-refractivity contribution is -0.0368. The molecule has 1 amide bonds. The van der Waals surface area contributed by atoms with Crippen LogP contribution in [0, 0.1) is 5.82 Å². The summed E-state index contributed by atoms with van der Waals surface area (Å²) in [6.45, 7) is 4.78. The monoisotopic (exact) mass is 308 g/mol. The van der Waals surface area contributed by atoms with E-state index in [-0.39, 0.29) is 29.4 Å². The Kier molecular flexibility index (Phi) is 4.31. The molecule has 2 saturated heterocycles. The summed E-state index contributed by atoms with van der Waals surface area (Å²) in [6.07, 6.45) is 0.0341. The minimum atomic E-state index is -0.502. The average Bonchev–Trinajstić information content (AvgIpc) is 2.94. The largest absolute Gasteiger partial charge is 0.490 e. The van der Waals surface area contributed by atoms with E-state index in [1.165, 1.54) is 12.1 Å². The first-order valence-corrected chi connectivity index (χ1v) is 7.64. The number of morpholine rings is 1. The van der Waals surface area contributed by atoms with Gasteiger partial charge in [0.25, 0.3) is 5.91 Å². The van der Waals surface area contributed by atoms with E-state index in [0.717, 1.165) is 6.54 Å². The van der Waals surface area contributed by atoms with Crippen molar-refractivity contribution in [1.29, 1.82) is 0 Å². The minimum absolute atomic E-state index is 0.0341. The Balaban J connectivity index is 1.82. The first-order chi connectivity index (χ1) is 10.6. The van der Waals surface area contributed by atoms with Crippen LogP contribution in [0.1, 0.15) is 17.3 Å². The first kappa shape index (κ1) is 15.2. The van der Waals surface area contributed by atoms with E-state index in [1.54, 1.807) is 17.9 Å². The second-order valence-electron chi connectivity index (χ2n) is 5.72. The van der Waals surface area contributed by atoms with Gasteiger partial charge >= 0.3 is 0 Å². The molecule has 0 aromatic heterocycles. The highest BCUT2D eigenvalue weighted by Crippen LogP contribution is 2.28. The van der Waals surface area contributed by atoms with Crippen molar-refractivity contribution in [2.75, 3.05) is 39.9 Å². The predicted molar refractivity (Wildman–Crippen MR) is 79.6 cm³/mol. The zero-order valence-electron chi connectivity index (χ0n) is 12.9. The number of amides is 1. The van der Waals surface area contributed by atoms with Gasteiger partial charge in [-0.05, 0) is 26.1 Å². The van der Waals surface area contributed by atoms with Gasteiger partial charge in [0.05, 0.1) is 30.9 Å². The van der Waals surface area contributed by atoms with Crippen molar-refractivity contribution in [2.45, 2.75) is 19.1 Å². The van der Waals surface area contributed by atoms with E-state index in [1.807, 2.05) is 7.05 Å². The third-order valence-corrected chi connectivity index (χ3v) is 4.35. The number of fused-ring (bicyclic) bond motifs is 1. The summed E-state index contributed by atoms with van der Waals surface area (Å²) in [6, 6.07) is 4.67. The minimum Gasteiger partial charge on any atom is -0.490 e. The standard InChI is InChI=1S/C16H21FN2O3/c1-3-21-15-11(5-4-6-12(15)17)16(20)19-9-13-14(10-19)22-8-7-18(13)2/h4-6,13-14H,3,7-10H2,1-2H3/t13-,14+/m0/s1. The van der Waals surface area contributed by atoms with Crippen LogP contribution in [0.5, 0.6) is 5.75 Å². The molecular formula is C16H21FN2O3. The zero-order valence-corrected chi connectivity index (χ0v) is 12.9. The Morgan fingerprint density at radius 1 is 1.45 bits per heavy atom. The van der Waals surface area contributed by atoms with Crippen molar-refractivity contribution in [3.8, 4) is 5.75 Å². The topological polar surface area (TPSA) is 42.0 Å². The fourth-order valence-corrected chi connectivity index (χ4v) is 3.16. The van der Waals surface area contributed by atoms with Gasteiger partial charge in [0, 0.05) is 19.6 Å².